The van der Waals surface area contributed by atoms with Crippen LogP contribution in [0.3, 0.4) is 0 Å². The summed E-state index contributed by atoms with van der Waals surface area (Å²) in [5.41, 5.74) is 0.642. The zero-order valence-corrected chi connectivity index (χ0v) is 14.4. The Morgan fingerprint density at radius 2 is 2.00 bits per heavy atom. The highest BCUT2D eigenvalue weighted by atomic mass is 35.5. The second-order valence-electron chi connectivity index (χ2n) is 5.22. The van der Waals surface area contributed by atoms with Gasteiger partial charge in [0.1, 0.15) is 5.82 Å². The molecular formula is C18H18ClF2NO2. The fraction of sp³-hybridized carbons (Fsp3) is 0.278. The lowest BCUT2D eigenvalue weighted by Crippen LogP contribution is -2.11. The molecule has 2 aromatic carbocycles. The van der Waals surface area contributed by atoms with E-state index in [4.69, 9.17) is 21.1 Å². The molecule has 0 N–H and O–H groups in total. The first-order valence-electron chi connectivity index (χ1n) is 7.48. The van der Waals surface area contributed by atoms with E-state index in [0.717, 1.165) is 18.6 Å². The smallest absolute Gasteiger partial charge is 0.180 e. The molecule has 0 bridgehead atoms. The second-order valence-corrected chi connectivity index (χ2v) is 5.63. The van der Waals surface area contributed by atoms with Gasteiger partial charge >= 0.3 is 0 Å². The third-order valence-electron chi connectivity index (χ3n) is 3.41. The van der Waals surface area contributed by atoms with Crippen molar-refractivity contribution in [3.63, 3.8) is 0 Å². The van der Waals surface area contributed by atoms with E-state index in [1.807, 2.05) is 13.8 Å². The molecule has 0 aromatic heterocycles. The summed E-state index contributed by atoms with van der Waals surface area (Å²) < 4.78 is 37.6. The van der Waals surface area contributed by atoms with Crippen LogP contribution in [-0.2, 0) is 0 Å². The minimum atomic E-state index is -0.735. The fourth-order valence-electron chi connectivity index (χ4n) is 1.94. The van der Waals surface area contributed by atoms with Crippen LogP contribution < -0.4 is 9.47 Å². The van der Waals surface area contributed by atoms with Gasteiger partial charge in [-0.15, -0.1) is 0 Å². The number of hydrogen-bond acceptors (Lipinski definition) is 3. The van der Waals surface area contributed by atoms with Crippen molar-refractivity contribution in [2.45, 2.75) is 26.4 Å². The van der Waals surface area contributed by atoms with E-state index >= 15 is 0 Å². The summed E-state index contributed by atoms with van der Waals surface area (Å²) in [6.07, 6.45) is 2.24. The van der Waals surface area contributed by atoms with Crippen LogP contribution in [-0.4, -0.2) is 19.4 Å². The lowest BCUT2D eigenvalue weighted by atomic mass is 10.2. The lowest BCUT2D eigenvalue weighted by Gasteiger charge is -2.17. The first kappa shape index (κ1) is 18.2. The topological polar surface area (TPSA) is 30.8 Å². The Labute approximate surface area is 144 Å². The first-order valence-corrected chi connectivity index (χ1v) is 7.85. The lowest BCUT2D eigenvalue weighted by molar-refractivity contribution is 0.208. The molecule has 0 aliphatic heterocycles. The molecule has 2 rings (SSSR count). The van der Waals surface area contributed by atoms with Gasteiger partial charge in [0.2, 0.25) is 0 Å². The molecule has 0 aliphatic carbocycles. The number of nitrogens with zero attached hydrogens (tertiary/aromatic N) is 1. The van der Waals surface area contributed by atoms with Gasteiger partial charge in [0.15, 0.2) is 17.3 Å². The van der Waals surface area contributed by atoms with Crippen molar-refractivity contribution in [3.8, 4) is 11.5 Å². The Hall–Kier alpha value is -2.14. The second kappa shape index (κ2) is 8.11. The molecule has 1 atom stereocenters. The van der Waals surface area contributed by atoms with Gasteiger partial charge in [-0.2, -0.15) is 0 Å². The molecule has 3 nitrogen and oxygen atoms in total. The number of rotatable bonds is 6. The average molecular weight is 354 g/mol. The van der Waals surface area contributed by atoms with Crippen LogP contribution in [0, 0.1) is 11.6 Å². The van der Waals surface area contributed by atoms with E-state index in [9.17, 15) is 8.78 Å². The van der Waals surface area contributed by atoms with Gasteiger partial charge in [-0.05, 0) is 43.2 Å². The summed E-state index contributed by atoms with van der Waals surface area (Å²) in [4.78, 5) is 4.02. The predicted octanol–water partition coefficient (Wildman–Crippen LogP) is 5.55. The maximum atomic E-state index is 13.6. The Balaban J connectivity index is 2.31. The molecule has 0 heterocycles. The molecule has 0 fully saturated rings. The first-order chi connectivity index (χ1) is 11.4. The summed E-state index contributed by atoms with van der Waals surface area (Å²) in [7, 11) is 1.51. The molecule has 0 saturated heterocycles. The quantitative estimate of drug-likeness (QED) is 0.637. The summed E-state index contributed by atoms with van der Waals surface area (Å²) in [5, 5.41) is 0.371. The number of hydrogen-bond donors (Lipinski definition) is 0. The number of methoxy groups -OCH3 is 1. The number of halogens is 3. The normalized spacial score (nSPS) is 12.4. The molecule has 2 aromatic rings. The molecular weight excluding hydrogens is 336 g/mol. The molecule has 0 aliphatic rings. The van der Waals surface area contributed by atoms with Gasteiger partial charge in [0.05, 0.1) is 23.9 Å². The molecule has 0 spiro atoms. The molecule has 0 saturated carbocycles. The minimum Gasteiger partial charge on any atom is -0.493 e. The largest absolute Gasteiger partial charge is 0.493 e. The zero-order chi connectivity index (χ0) is 17.7. The molecule has 6 heteroatoms. The highest BCUT2D eigenvalue weighted by Crippen LogP contribution is 2.37. The van der Waals surface area contributed by atoms with Crippen LogP contribution in [0.2, 0.25) is 5.02 Å². The SMILES string of the molecule is CC[C@@H](C)Oc1c(Cl)cc(C=Nc2ccc(F)cc2F)cc1OC. The van der Waals surface area contributed by atoms with E-state index in [1.165, 1.54) is 19.4 Å². The Morgan fingerprint density at radius 3 is 2.62 bits per heavy atom. The Morgan fingerprint density at radius 1 is 1.25 bits per heavy atom. The maximum Gasteiger partial charge on any atom is 0.180 e. The average Bonchev–Trinajstić information content (AvgIpc) is 2.55. The summed E-state index contributed by atoms with van der Waals surface area (Å²) in [6.45, 7) is 3.94. The van der Waals surface area contributed by atoms with Crippen LogP contribution in [0.5, 0.6) is 11.5 Å². The van der Waals surface area contributed by atoms with E-state index in [0.29, 0.717) is 22.1 Å². The van der Waals surface area contributed by atoms with Gasteiger partial charge in [-0.1, -0.05) is 18.5 Å². The standard InChI is InChI=1S/C18H18ClF2NO2/c1-4-11(2)24-18-14(19)7-12(8-17(18)23-3)10-22-16-6-5-13(20)9-15(16)21/h5-11H,4H2,1-3H3/t11-/m1/s1. The monoisotopic (exact) mass is 353 g/mol. The Kier molecular flexibility index (Phi) is 6.15. The van der Waals surface area contributed by atoms with E-state index < -0.39 is 11.6 Å². The van der Waals surface area contributed by atoms with E-state index in [-0.39, 0.29) is 11.8 Å². The highest BCUT2D eigenvalue weighted by Gasteiger charge is 2.14. The van der Waals surface area contributed by atoms with Crippen molar-refractivity contribution in [1.82, 2.24) is 0 Å². The summed E-state index contributed by atoms with van der Waals surface area (Å²) >= 11 is 6.26. The van der Waals surface area contributed by atoms with Gasteiger partial charge in [-0.3, -0.25) is 4.99 Å². The highest BCUT2D eigenvalue weighted by molar-refractivity contribution is 6.32. The van der Waals surface area contributed by atoms with Crippen LogP contribution in [0.25, 0.3) is 0 Å². The molecule has 0 amide bonds. The zero-order valence-electron chi connectivity index (χ0n) is 13.6. The van der Waals surface area contributed by atoms with Crippen molar-refractivity contribution in [2.75, 3.05) is 7.11 Å². The third kappa shape index (κ3) is 4.45. The predicted molar refractivity (Wildman–Crippen MR) is 92.0 cm³/mol. The summed E-state index contributed by atoms with van der Waals surface area (Å²) in [6, 6.07) is 6.53. The molecule has 0 unspecified atom stereocenters. The van der Waals surface area contributed by atoms with Crippen molar-refractivity contribution in [2.24, 2.45) is 4.99 Å². The van der Waals surface area contributed by atoms with Gasteiger partial charge < -0.3 is 9.47 Å². The number of benzene rings is 2. The van der Waals surface area contributed by atoms with Crippen LogP contribution >= 0.6 is 11.6 Å². The van der Waals surface area contributed by atoms with Crippen molar-refractivity contribution in [1.29, 1.82) is 0 Å². The van der Waals surface area contributed by atoms with Crippen LogP contribution in [0.4, 0.5) is 14.5 Å². The molecule has 24 heavy (non-hydrogen) atoms. The van der Waals surface area contributed by atoms with Crippen molar-refractivity contribution in [3.05, 3.63) is 52.6 Å². The van der Waals surface area contributed by atoms with Crippen molar-refractivity contribution < 1.29 is 18.3 Å². The van der Waals surface area contributed by atoms with Crippen molar-refractivity contribution >= 4 is 23.5 Å². The van der Waals surface area contributed by atoms with E-state index in [1.54, 1.807) is 12.1 Å². The van der Waals surface area contributed by atoms with Gasteiger partial charge in [-0.25, -0.2) is 8.78 Å². The van der Waals surface area contributed by atoms with Crippen LogP contribution in [0.1, 0.15) is 25.8 Å². The summed E-state index contributed by atoms with van der Waals surface area (Å²) in [5.74, 6) is -0.466. The molecule has 0 radical (unpaired) electrons. The maximum absolute atomic E-state index is 13.6. The van der Waals surface area contributed by atoms with Gasteiger partial charge in [0, 0.05) is 12.3 Å². The fourth-order valence-corrected chi connectivity index (χ4v) is 2.21. The Bertz CT molecular complexity index is 750. The van der Waals surface area contributed by atoms with E-state index in [2.05, 4.69) is 4.99 Å². The number of ether oxygens (including phenoxy) is 2. The third-order valence-corrected chi connectivity index (χ3v) is 3.69. The van der Waals surface area contributed by atoms with Crippen LogP contribution in [0.15, 0.2) is 35.3 Å². The van der Waals surface area contributed by atoms with Gasteiger partial charge in [0.25, 0.3) is 0 Å². The molecule has 128 valence electrons. The minimum absolute atomic E-state index is 0.00997. The number of aliphatic imine (C=N–C) groups is 1.